The minimum Gasteiger partial charge on any atom is -0.493 e. The van der Waals surface area contributed by atoms with Crippen molar-refractivity contribution in [3.05, 3.63) is 23.8 Å². The molecule has 0 saturated carbocycles. The fraction of sp³-hybridized carbons (Fsp3) is 0.500. The number of ether oxygens (including phenoxy) is 2. The first-order valence-electron chi connectivity index (χ1n) is 6.26. The van der Waals surface area contributed by atoms with Crippen LogP contribution in [0.15, 0.2) is 18.2 Å². The number of carbonyl (C=O) groups is 1. The Labute approximate surface area is 122 Å². The Kier molecular flexibility index (Phi) is 6.70. The van der Waals surface area contributed by atoms with Crippen LogP contribution in [-0.4, -0.2) is 31.5 Å². The van der Waals surface area contributed by atoms with E-state index in [4.69, 9.17) is 9.47 Å². The van der Waals surface area contributed by atoms with Crippen LogP contribution in [0.2, 0.25) is 0 Å². The summed E-state index contributed by atoms with van der Waals surface area (Å²) in [7, 11) is 3.12. The molecule has 1 aromatic rings. The van der Waals surface area contributed by atoms with Gasteiger partial charge in [-0.05, 0) is 24.6 Å². The van der Waals surface area contributed by atoms with Crippen molar-refractivity contribution < 1.29 is 14.3 Å². The van der Waals surface area contributed by atoms with Crippen LogP contribution in [0.4, 0.5) is 0 Å². The average Bonchev–Trinajstić information content (AvgIpc) is 2.44. The van der Waals surface area contributed by atoms with Gasteiger partial charge in [0.15, 0.2) is 11.5 Å². The Morgan fingerprint density at radius 2 is 2.00 bits per heavy atom. The van der Waals surface area contributed by atoms with Gasteiger partial charge in [-0.15, -0.1) is 0 Å². The molecule has 19 heavy (non-hydrogen) atoms. The molecule has 0 fully saturated rings. The third-order valence-electron chi connectivity index (χ3n) is 2.73. The summed E-state index contributed by atoms with van der Waals surface area (Å²) in [5.74, 6) is 1.06. The SMILES string of the molecule is CCCC(Br)CNC(=O)c1ccc(OC)c(OC)c1. The van der Waals surface area contributed by atoms with E-state index < -0.39 is 0 Å². The first-order chi connectivity index (χ1) is 9.12. The molecule has 106 valence electrons. The maximum absolute atomic E-state index is 12.0. The number of carbonyl (C=O) groups excluding carboxylic acids is 1. The average molecular weight is 330 g/mol. The van der Waals surface area contributed by atoms with E-state index in [-0.39, 0.29) is 5.91 Å². The Balaban J connectivity index is 2.67. The van der Waals surface area contributed by atoms with Gasteiger partial charge in [-0.1, -0.05) is 29.3 Å². The van der Waals surface area contributed by atoms with Gasteiger partial charge in [-0.25, -0.2) is 0 Å². The van der Waals surface area contributed by atoms with Crippen molar-refractivity contribution in [2.45, 2.75) is 24.6 Å². The van der Waals surface area contributed by atoms with Crippen LogP contribution in [0, 0.1) is 0 Å². The molecular formula is C14H20BrNO3. The van der Waals surface area contributed by atoms with Crippen LogP contribution in [0.3, 0.4) is 0 Å². The zero-order valence-corrected chi connectivity index (χ0v) is 13.1. The molecule has 1 aromatic carbocycles. The highest BCUT2D eigenvalue weighted by Gasteiger charge is 2.11. The van der Waals surface area contributed by atoms with Gasteiger partial charge in [0, 0.05) is 16.9 Å². The number of alkyl halides is 1. The number of benzene rings is 1. The van der Waals surface area contributed by atoms with Crippen molar-refractivity contribution in [3.63, 3.8) is 0 Å². The predicted octanol–water partition coefficient (Wildman–Crippen LogP) is 3.00. The van der Waals surface area contributed by atoms with Gasteiger partial charge in [0.2, 0.25) is 0 Å². The van der Waals surface area contributed by atoms with Crippen LogP contribution < -0.4 is 14.8 Å². The van der Waals surface area contributed by atoms with Crippen molar-refractivity contribution in [1.82, 2.24) is 5.32 Å². The summed E-state index contributed by atoms with van der Waals surface area (Å²) in [4.78, 5) is 12.3. The van der Waals surface area contributed by atoms with Gasteiger partial charge in [-0.3, -0.25) is 4.79 Å². The summed E-state index contributed by atoms with van der Waals surface area (Å²) in [6.07, 6.45) is 2.12. The van der Waals surface area contributed by atoms with Gasteiger partial charge in [0.25, 0.3) is 5.91 Å². The quantitative estimate of drug-likeness (QED) is 0.782. The Bertz CT molecular complexity index is 423. The molecule has 0 aliphatic rings. The van der Waals surface area contributed by atoms with Gasteiger partial charge in [0.1, 0.15) is 0 Å². The second-order valence-electron chi connectivity index (χ2n) is 4.17. The normalized spacial score (nSPS) is 11.8. The van der Waals surface area contributed by atoms with E-state index in [1.54, 1.807) is 32.4 Å². The molecule has 0 aliphatic carbocycles. The van der Waals surface area contributed by atoms with Crippen molar-refractivity contribution >= 4 is 21.8 Å². The zero-order chi connectivity index (χ0) is 14.3. The fourth-order valence-electron chi connectivity index (χ4n) is 1.70. The summed E-state index contributed by atoms with van der Waals surface area (Å²) in [6, 6.07) is 5.13. The van der Waals surface area contributed by atoms with Gasteiger partial charge in [0.05, 0.1) is 14.2 Å². The fourth-order valence-corrected chi connectivity index (χ4v) is 2.32. The highest BCUT2D eigenvalue weighted by molar-refractivity contribution is 9.09. The maximum Gasteiger partial charge on any atom is 0.251 e. The topological polar surface area (TPSA) is 47.6 Å². The number of nitrogens with one attached hydrogen (secondary N) is 1. The second kappa shape index (κ2) is 8.04. The molecule has 1 unspecified atom stereocenters. The molecule has 1 amide bonds. The molecule has 0 heterocycles. The third kappa shape index (κ3) is 4.74. The van der Waals surface area contributed by atoms with Crippen molar-refractivity contribution in [3.8, 4) is 11.5 Å². The lowest BCUT2D eigenvalue weighted by Crippen LogP contribution is -2.29. The largest absolute Gasteiger partial charge is 0.493 e. The Morgan fingerprint density at radius 3 is 2.58 bits per heavy atom. The molecule has 0 bridgehead atoms. The monoisotopic (exact) mass is 329 g/mol. The lowest BCUT2D eigenvalue weighted by molar-refractivity contribution is 0.0953. The van der Waals surface area contributed by atoms with Crippen LogP contribution >= 0.6 is 15.9 Å². The van der Waals surface area contributed by atoms with E-state index in [1.807, 2.05) is 0 Å². The van der Waals surface area contributed by atoms with Crippen LogP contribution in [0.5, 0.6) is 11.5 Å². The molecule has 1 atom stereocenters. The molecule has 0 saturated heterocycles. The highest BCUT2D eigenvalue weighted by Crippen LogP contribution is 2.27. The van der Waals surface area contributed by atoms with E-state index in [1.165, 1.54) is 0 Å². The van der Waals surface area contributed by atoms with E-state index in [2.05, 4.69) is 28.2 Å². The smallest absolute Gasteiger partial charge is 0.251 e. The standard InChI is InChI=1S/C14H20BrNO3/c1-4-5-11(15)9-16-14(17)10-6-7-12(18-2)13(8-10)19-3/h6-8,11H,4-5,9H2,1-3H3,(H,16,17). The van der Waals surface area contributed by atoms with Crippen LogP contribution in [0.25, 0.3) is 0 Å². The maximum atomic E-state index is 12.0. The van der Waals surface area contributed by atoms with E-state index >= 15 is 0 Å². The van der Waals surface area contributed by atoms with Gasteiger partial charge in [-0.2, -0.15) is 0 Å². The third-order valence-corrected chi connectivity index (χ3v) is 3.51. The zero-order valence-electron chi connectivity index (χ0n) is 11.5. The molecule has 4 nitrogen and oxygen atoms in total. The molecule has 1 N–H and O–H groups in total. The highest BCUT2D eigenvalue weighted by atomic mass is 79.9. The molecular weight excluding hydrogens is 310 g/mol. The van der Waals surface area contributed by atoms with E-state index in [0.29, 0.717) is 28.4 Å². The van der Waals surface area contributed by atoms with E-state index in [9.17, 15) is 4.79 Å². The van der Waals surface area contributed by atoms with Gasteiger partial charge >= 0.3 is 0 Å². The molecule has 0 radical (unpaired) electrons. The summed E-state index contributed by atoms with van der Waals surface area (Å²) < 4.78 is 10.3. The first kappa shape index (κ1) is 15.8. The number of halogens is 1. The molecule has 1 rings (SSSR count). The number of rotatable bonds is 7. The summed E-state index contributed by atoms with van der Waals surface area (Å²) >= 11 is 3.53. The minimum atomic E-state index is -0.110. The number of methoxy groups -OCH3 is 2. The molecule has 0 aromatic heterocycles. The Hall–Kier alpha value is -1.23. The number of amides is 1. The minimum absolute atomic E-state index is 0.110. The molecule has 0 spiro atoms. The van der Waals surface area contributed by atoms with Crippen LogP contribution in [0.1, 0.15) is 30.1 Å². The first-order valence-corrected chi connectivity index (χ1v) is 7.18. The lowest BCUT2D eigenvalue weighted by Gasteiger charge is -2.12. The van der Waals surface area contributed by atoms with Crippen molar-refractivity contribution in [2.24, 2.45) is 0 Å². The van der Waals surface area contributed by atoms with Crippen molar-refractivity contribution in [1.29, 1.82) is 0 Å². The van der Waals surface area contributed by atoms with Crippen LogP contribution in [-0.2, 0) is 0 Å². The summed E-state index contributed by atoms with van der Waals surface area (Å²) in [6.45, 7) is 2.73. The number of hydrogen-bond acceptors (Lipinski definition) is 3. The van der Waals surface area contributed by atoms with Gasteiger partial charge < -0.3 is 14.8 Å². The lowest BCUT2D eigenvalue weighted by atomic mass is 10.2. The summed E-state index contributed by atoms with van der Waals surface area (Å²) in [5.41, 5.74) is 0.564. The molecule has 5 heteroatoms. The Morgan fingerprint density at radius 1 is 1.32 bits per heavy atom. The van der Waals surface area contributed by atoms with E-state index in [0.717, 1.165) is 12.8 Å². The number of hydrogen-bond donors (Lipinski definition) is 1. The second-order valence-corrected chi connectivity index (χ2v) is 5.46. The summed E-state index contributed by atoms with van der Waals surface area (Å²) in [5, 5.41) is 2.89. The molecule has 0 aliphatic heterocycles. The van der Waals surface area contributed by atoms with Crippen molar-refractivity contribution in [2.75, 3.05) is 20.8 Å². The predicted molar refractivity (Wildman–Crippen MR) is 79.5 cm³/mol.